The van der Waals surface area contributed by atoms with Crippen molar-refractivity contribution in [2.75, 3.05) is 10.6 Å². The van der Waals surface area contributed by atoms with Crippen LogP contribution in [0, 0.1) is 0 Å². The fraction of sp³-hybridized carbons (Fsp3) is 0.176. The van der Waals surface area contributed by atoms with Crippen molar-refractivity contribution in [2.24, 2.45) is 0 Å². The van der Waals surface area contributed by atoms with Crippen molar-refractivity contribution >= 4 is 34.8 Å². The Bertz CT molecular complexity index is 759. The molecule has 1 aliphatic rings. The van der Waals surface area contributed by atoms with Crippen LogP contribution in [0.25, 0.3) is 0 Å². The van der Waals surface area contributed by atoms with Crippen molar-refractivity contribution in [3.8, 4) is 5.75 Å². The molecule has 6 heteroatoms. The zero-order chi connectivity index (χ0) is 16.4. The molecule has 2 aromatic carbocycles. The smallest absolute Gasteiger partial charge is 0.265 e. The van der Waals surface area contributed by atoms with E-state index in [9.17, 15) is 9.59 Å². The van der Waals surface area contributed by atoms with Gasteiger partial charge in [-0.2, -0.15) is 0 Å². The van der Waals surface area contributed by atoms with Gasteiger partial charge in [0.05, 0.1) is 0 Å². The molecule has 0 aliphatic carbocycles. The Morgan fingerprint density at radius 2 is 1.74 bits per heavy atom. The van der Waals surface area contributed by atoms with Crippen LogP contribution in [-0.4, -0.2) is 17.9 Å². The Morgan fingerprint density at radius 1 is 1.09 bits per heavy atom. The van der Waals surface area contributed by atoms with Crippen LogP contribution in [0.5, 0.6) is 5.75 Å². The summed E-state index contributed by atoms with van der Waals surface area (Å²) in [5.74, 6) is 0.331. The highest BCUT2D eigenvalue weighted by atomic mass is 35.5. The number of benzene rings is 2. The molecule has 2 aromatic rings. The summed E-state index contributed by atoms with van der Waals surface area (Å²) in [5.41, 5.74) is 2.25. The van der Waals surface area contributed by atoms with Crippen LogP contribution in [-0.2, 0) is 16.0 Å². The van der Waals surface area contributed by atoms with Crippen LogP contribution in [0.4, 0.5) is 11.4 Å². The number of halogens is 1. The number of carbonyl (C=O) groups excluding carboxylic acids is 2. The standard InChI is InChI=1S/C17H15ClN2O3/c1-10(21)19-13-3-5-14(6-4-13)20-17(22)16-9-11-8-12(18)2-7-15(11)23-16/h2-8,16H,9H2,1H3,(H,19,21)(H,20,22)/t16-/m0/s1. The highest BCUT2D eigenvalue weighted by Crippen LogP contribution is 2.31. The van der Waals surface area contributed by atoms with Gasteiger partial charge in [-0.05, 0) is 48.0 Å². The molecule has 0 fully saturated rings. The number of rotatable bonds is 3. The van der Waals surface area contributed by atoms with Crippen molar-refractivity contribution in [1.29, 1.82) is 0 Å². The summed E-state index contributed by atoms with van der Waals surface area (Å²) in [6.07, 6.45) is -0.0791. The molecular formula is C17H15ClN2O3. The van der Waals surface area contributed by atoms with Crippen molar-refractivity contribution in [2.45, 2.75) is 19.4 Å². The van der Waals surface area contributed by atoms with E-state index < -0.39 is 6.10 Å². The van der Waals surface area contributed by atoms with Gasteiger partial charge in [0.1, 0.15) is 5.75 Å². The van der Waals surface area contributed by atoms with Gasteiger partial charge in [-0.3, -0.25) is 9.59 Å². The largest absolute Gasteiger partial charge is 0.480 e. The minimum absolute atomic E-state index is 0.141. The maximum atomic E-state index is 12.3. The van der Waals surface area contributed by atoms with E-state index >= 15 is 0 Å². The summed E-state index contributed by atoms with van der Waals surface area (Å²) < 4.78 is 5.64. The monoisotopic (exact) mass is 330 g/mol. The first-order valence-electron chi connectivity index (χ1n) is 7.15. The third-order valence-electron chi connectivity index (χ3n) is 3.46. The third-order valence-corrected chi connectivity index (χ3v) is 3.70. The number of carbonyl (C=O) groups is 2. The van der Waals surface area contributed by atoms with E-state index in [4.69, 9.17) is 16.3 Å². The lowest BCUT2D eigenvalue weighted by Crippen LogP contribution is -2.31. The number of hydrogen-bond acceptors (Lipinski definition) is 3. The van der Waals surface area contributed by atoms with Crippen LogP contribution in [0.1, 0.15) is 12.5 Å². The Hall–Kier alpha value is -2.53. The van der Waals surface area contributed by atoms with Crippen molar-refractivity contribution in [3.05, 3.63) is 53.1 Å². The average Bonchev–Trinajstić information content (AvgIpc) is 2.92. The maximum absolute atomic E-state index is 12.3. The van der Waals surface area contributed by atoms with Gasteiger partial charge >= 0.3 is 0 Å². The van der Waals surface area contributed by atoms with E-state index in [-0.39, 0.29) is 11.8 Å². The Morgan fingerprint density at radius 3 is 2.39 bits per heavy atom. The topological polar surface area (TPSA) is 67.4 Å². The average molecular weight is 331 g/mol. The first-order chi connectivity index (χ1) is 11.0. The van der Waals surface area contributed by atoms with E-state index in [1.165, 1.54) is 6.92 Å². The van der Waals surface area contributed by atoms with Gasteiger partial charge < -0.3 is 15.4 Å². The minimum atomic E-state index is -0.571. The van der Waals surface area contributed by atoms with Crippen LogP contribution >= 0.6 is 11.6 Å². The molecule has 1 heterocycles. The summed E-state index contributed by atoms with van der Waals surface area (Å²) in [7, 11) is 0. The predicted octanol–water partition coefficient (Wildman–Crippen LogP) is 3.24. The van der Waals surface area contributed by atoms with Gasteiger partial charge in [0.2, 0.25) is 5.91 Å². The highest BCUT2D eigenvalue weighted by Gasteiger charge is 2.29. The van der Waals surface area contributed by atoms with E-state index in [1.54, 1.807) is 36.4 Å². The van der Waals surface area contributed by atoms with Gasteiger partial charge in [-0.25, -0.2) is 0 Å². The fourth-order valence-corrected chi connectivity index (χ4v) is 2.62. The lowest BCUT2D eigenvalue weighted by Gasteiger charge is -2.12. The molecule has 5 nitrogen and oxygen atoms in total. The second-order valence-corrected chi connectivity index (χ2v) is 5.75. The number of nitrogens with one attached hydrogen (secondary N) is 2. The fourth-order valence-electron chi connectivity index (χ4n) is 2.43. The third kappa shape index (κ3) is 3.63. The number of hydrogen-bond donors (Lipinski definition) is 2. The number of ether oxygens (including phenoxy) is 1. The second-order valence-electron chi connectivity index (χ2n) is 5.31. The van der Waals surface area contributed by atoms with Crippen LogP contribution in [0.15, 0.2) is 42.5 Å². The second kappa shape index (κ2) is 6.30. The molecule has 1 aliphatic heterocycles. The normalized spacial score (nSPS) is 15.5. The van der Waals surface area contributed by atoms with Crippen LogP contribution < -0.4 is 15.4 Å². The molecule has 0 radical (unpaired) electrons. The molecule has 1 atom stereocenters. The van der Waals surface area contributed by atoms with Gasteiger partial charge in [0.25, 0.3) is 5.91 Å². The van der Waals surface area contributed by atoms with Crippen molar-refractivity contribution < 1.29 is 14.3 Å². The number of amides is 2. The van der Waals surface area contributed by atoms with Gasteiger partial charge in [0.15, 0.2) is 6.10 Å². The zero-order valence-electron chi connectivity index (χ0n) is 12.4. The molecule has 118 valence electrons. The first-order valence-corrected chi connectivity index (χ1v) is 7.52. The molecule has 3 rings (SSSR count). The molecule has 0 aromatic heterocycles. The molecule has 0 spiro atoms. The van der Waals surface area contributed by atoms with E-state index in [0.29, 0.717) is 28.6 Å². The first kappa shape index (κ1) is 15.4. The Labute approximate surface area is 138 Å². The van der Waals surface area contributed by atoms with E-state index in [1.807, 2.05) is 6.07 Å². The molecule has 0 unspecified atom stereocenters. The van der Waals surface area contributed by atoms with Gasteiger partial charge in [-0.15, -0.1) is 0 Å². The van der Waals surface area contributed by atoms with Crippen molar-refractivity contribution in [1.82, 2.24) is 0 Å². The molecule has 2 N–H and O–H groups in total. The quantitative estimate of drug-likeness (QED) is 0.907. The van der Waals surface area contributed by atoms with Gasteiger partial charge in [-0.1, -0.05) is 11.6 Å². The highest BCUT2D eigenvalue weighted by molar-refractivity contribution is 6.30. The van der Waals surface area contributed by atoms with E-state index in [2.05, 4.69) is 10.6 Å². The molecular weight excluding hydrogens is 316 g/mol. The van der Waals surface area contributed by atoms with E-state index in [0.717, 1.165) is 5.56 Å². The van der Waals surface area contributed by atoms with Gasteiger partial charge in [0, 0.05) is 29.7 Å². The molecule has 0 bridgehead atoms. The Kier molecular flexibility index (Phi) is 4.21. The van der Waals surface area contributed by atoms with Crippen molar-refractivity contribution in [3.63, 3.8) is 0 Å². The summed E-state index contributed by atoms with van der Waals surface area (Å²) in [5, 5.41) is 6.10. The number of anilines is 2. The molecule has 2 amide bonds. The van der Waals surface area contributed by atoms with Crippen LogP contribution in [0.3, 0.4) is 0 Å². The minimum Gasteiger partial charge on any atom is -0.480 e. The summed E-state index contributed by atoms with van der Waals surface area (Å²) in [6, 6.07) is 12.2. The SMILES string of the molecule is CC(=O)Nc1ccc(NC(=O)[C@@H]2Cc3cc(Cl)ccc3O2)cc1. The summed E-state index contributed by atoms with van der Waals surface area (Å²) in [4.78, 5) is 23.3. The predicted molar refractivity (Wildman–Crippen MR) is 88.9 cm³/mol. The maximum Gasteiger partial charge on any atom is 0.265 e. The molecule has 0 saturated heterocycles. The lowest BCUT2D eigenvalue weighted by molar-refractivity contribution is -0.122. The molecule has 23 heavy (non-hydrogen) atoms. The molecule has 0 saturated carbocycles. The zero-order valence-corrected chi connectivity index (χ0v) is 13.2. The summed E-state index contributed by atoms with van der Waals surface area (Å²) >= 11 is 5.95. The number of fused-ring (bicyclic) bond motifs is 1. The summed E-state index contributed by atoms with van der Waals surface area (Å²) in [6.45, 7) is 1.44. The van der Waals surface area contributed by atoms with Crippen LogP contribution in [0.2, 0.25) is 5.02 Å². The lowest BCUT2D eigenvalue weighted by atomic mass is 10.1. The Balaban J connectivity index is 1.63.